The number of Topliss-reactive ketones (excluding diaryl/α,β-unsaturated/α-hetero) is 1. The summed E-state index contributed by atoms with van der Waals surface area (Å²) in [5.74, 6) is -1.31. The van der Waals surface area contributed by atoms with E-state index in [2.05, 4.69) is 0 Å². The zero-order chi connectivity index (χ0) is 15.4. The van der Waals surface area contributed by atoms with Crippen LogP contribution in [0.4, 0.5) is 0 Å². The molecule has 0 aromatic carbocycles. The Balaban J connectivity index is 3.59. The van der Waals surface area contributed by atoms with E-state index in [0.717, 1.165) is 0 Å². The van der Waals surface area contributed by atoms with Crippen LogP contribution >= 0.6 is 0 Å². The van der Waals surface area contributed by atoms with Gasteiger partial charge in [-0.3, -0.25) is 4.79 Å². The SMILES string of the molecule is CCO[C@@H]1CC[C@@H](C(C)=O)C(C#N)(C#N)C1(C#N)C#N. The van der Waals surface area contributed by atoms with Gasteiger partial charge in [-0.15, -0.1) is 0 Å². The van der Waals surface area contributed by atoms with E-state index in [-0.39, 0.29) is 18.8 Å². The van der Waals surface area contributed by atoms with Crippen LogP contribution in [-0.2, 0) is 9.53 Å². The van der Waals surface area contributed by atoms with E-state index in [9.17, 15) is 25.8 Å². The maximum absolute atomic E-state index is 11.8. The van der Waals surface area contributed by atoms with Crippen LogP contribution < -0.4 is 0 Å². The van der Waals surface area contributed by atoms with Gasteiger partial charge in [0.05, 0.1) is 36.3 Å². The van der Waals surface area contributed by atoms with Crippen molar-refractivity contribution in [2.75, 3.05) is 6.61 Å². The second kappa shape index (κ2) is 5.70. The zero-order valence-corrected chi connectivity index (χ0v) is 11.4. The molecule has 0 N–H and O–H groups in total. The van der Waals surface area contributed by atoms with Crippen molar-refractivity contribution in [1.82, 2.24) is 0 Å². The van der Waals surface area contributed by atoms with Crippen molar-refractivity contribution < 1.29 is 9.53 Å². The molecule has 1 saturated carbocycles. The quantitative estimate of drug-likeness (QED) is 0.765. The average molecular weight is 270 g/mol. The van der Waals surface area contributed by atoms with Gasteiger partial charge in [0.2, 0.25) is 5.41 Å². The number of nitriles is 4. The van der Waals surface area contributed by atoms with Crippen LogP contribution in [0.1, 0.15) is 26.7 Å². The minimum absolute atomic E-state index is 0.256. The average Bonchev–Trinajstić information content (AvgIpc) is 2.46. The third kappa shape index (κ3) is 1.83. The highest BCUT2D eigenvalue weighted by molar-refractivity contribution is 5.81. The van der Waals surface area contributed by atoms with Gasteiger partial charge in [0.25, 0.3) is 0 Å². The molecular weight excluding hydrogens is 256 g/mol. The molecular formula is C14H14N4O2. The first-order valence-corrected chi connectivity index (χ1v) is 6.26. The van der Waals surface area contributed by atoms with Gasteiger partial charge in [0.15, 0.2) is 5.41 Å². The summed E-state index contributed by atoms with van der Waals surface area (Å²) in [6.07, 6.45) is -0.297. The third-order valence-electron chi connectivity index (χ3n) is 3.91. The highest BCUT2D eigenvalue weighted by Crippen LogP contribution is 2.54. The lowest BCUT2D eigenvalue weighted by atomic mass is 9.51. The number of ether oxygens (including phenoxy) is 1. The van der Waals surface area contributed by atoms with Crippen LogP contribution in [0.3, 0.4) is 0 Å². The maximum atomic E-state index is 11.8. The molecule has 102 valence electrons. The molecule has 0 saturated heterocycles. The van der Waals surface area contributed by atoms with Crippen LogP contribution in [0.15, 0.2) is 0 Å². The summed E-state index contributed by atoms with van der Waals surface area (Å²) in [5, 5.41) is 37.9. The predicted molar refractivity (Wildman–Crippen MR) is 66.1 cm³/mol. The van der Waals surface area contributed by atoms with E-state index in [1.165, 1.54) is 6.92 Å². The van der Waals surface area contributed by atoms with E-state index in [4.69, 9.17) is 4.74 Å². The normalized spacial score (nSPS) is 26.3. The van der Waals surface area contributed by atoms with Crippen LogP contribution in [0, 0.1) is 62.1 Å². The lowest BCUT2D eigenvalue weighted by molar-refractivity contribution is -0.131. The first-order chi connectivity index (χ1) is 9.49. The smallest absolute Gasteiger partial charge is 0.201 e. The number of nitrogens with zero attached hydrogens (tertiary/aromatic N) is 4. The molecule has 0 radical (unpaired) electrons. The summed E-state index contributed by atoms with van der Waals surface area (Å²) < 4.78 is 5.41. The van der Waals surface area contributed by atoms with Crippen molar-refractivity contribution in [3.63, 3.8) is 0 Å². The number of rotatable bonds is 3. The van der Waals surface area contributed by atoms with Crippen LogP contribution in [0.5, 0.6) is 0 Å². The van der Waals surface area contributed by atoms with Gasteiger partial charge >= 0.3 is 0 Å². The number of ketones is 1. The molecule has 0 aliphatic heterocycles. The van der Waals surface area contributed by atoms with Crippen molar-refractivity contribution in [2.45, 2.75) is 32.8 Å². The summed E-state index contributed by atoms with van der Waals surface area (Å²) in [6, 6.07) is 7.14. The van der Waals surface area contributed by atoms with Gasteiger partial charge in [-0.25, -0.2) is 0 Å². The van der Waals surface area contributed by atoms with Gasteiger partial charge in [-0.05, 0) is 26.7 Å². The second-order valence-corrected chi connectivity index (χ2v) is 4.75. The number of hydrogen-bond donors (Lipinski definition) is 0. The Labute approximate surface area is 117 Å². The molecule has 6 heteroatoms. The van der Waals surface area contributed by atoms with E-state index in [0.29, 0.717) is 6.42 Å². The summed E-state index contributed by atoms with van der Waals surface area (Å²) in [5.41, 5.74) is -3.96. The summed E-state index contributed by atoms with van der Waals surface area (Å²) in [6.45, 7) is 3.24. The number of carbonyl (C=O) groups is 1. The van der Waals surface area contributed by atoms with Gasteiger partial charge in [0, 0.05) is 6.61 Å². The second-order valence-electron chi connectivity index (χ2n) is 4.75. The van der Waals surface area contributed by atoms with Gasteiger partial charge < -0.3 is 4.74 Å². The molecule has 1 rings (SSSR count). The molecule has 20 heavy (non-hydrogen) atoms. The molecule has 0 heterocycles. The molecule has 0 amide bonds. The van der Waals surface area contributed by atoms with Crippen LogP contribution in [0.2, 0.25) is 0 Å². The largest absolute Gasteiger partial charge is 0.376 e. The Kier molecular flexibility index (Phi) is 4.46. The van der Waals surface area contributed by atoms with Crippen molar-refractivity contribution in [1.29, 1.82) is 21.0 Å². The molecule has 6 nitrogen and oxygen atoms in total. The molecule has 0 aromatic heterocycles. The molecule has 0 bridgehead atoms. The third-order valence-corrected chi connectivity index (χ3v) is 3.91. The number of carbonyl (C=O) groups excluding carboxylic acids is 1. The maximum Gasteiger partial charge on any atom is 0.201 e. The van der Waals surface area contributed by atoms with Crippen molar-refractivity contribution >= 4 is 5.78 Å². The van der Waals surface area contributed by atoms with E-state index < -0.39 is 22.9 Å². The molecule has 0 aromatic rings. The minimum Gasteiger partial charge on any atom is -0.376 e. The zero-order valence-electron chi connectivity index (χ0n) is 11.4. The monoisotopic (exact) mass is 270 g/mol. The Morgan fingerprint density at radius 1 is 1.10 bits per heavy atom. The molecule has 1 aliphatic rings. The van der Waals surface area contributed by atoms with Crippen molar-refractivity contribution in [3.05, 3.63) is 0 Å². The topological polar surface area (TPSA) is 121 Å². The molecule has 0 spiro atoms. The summed E-state index contributed by atoms with van der Waals surface area (Å²) in [7, 11) is 0. The molecule has 2 atom stereocenters. The van der Waals surface area contributed by atoms with Crippen molar-refractivity contribution in [3.8, 4) is 24.3 Å². The molecule has 0 unspecified atom stereocenters. The fraction of sp³-hybridized carbons (Fsp3) is 0.643. The van der Waals surface area contributed by atoms with Gasteiger partial charge in [-0.2, -0.15) is 21.0 Å². The van der Waals surface area contributed by atoms with Crippen LogP contribution in [0.25, 0.3) is 0 Å². The standard InChI is InChI=1S/C14H14N4O2/c1-3-20-12-5-4-11(10(2)19)13(6-15,7-16)14(12,8-17)9-18/h11-12H,3-5H2,1-2H3/t11-,12+/m0/s1. The Bertz CT molecular complexity index is 542. The summed E-state index contributed by atoms with van der Waals surface area (Å²) >= 11 is 0. The van der Waals surface area contributed by atoms with E-state index >= 15 is 0 Å². The summed E-state index contributed by atoms with van der Waals surface area (Å²) in [4.78, 5) is 11.8. The first-order valence-electron chi connectivity index (χ1n) is 6.26. The number of hydrogen-bond acceptors (Lipinski definition) is 6. The Morgan fingerprint density at radius 3 is 1.95 bits per heavy atom. The predicted octanol–water partition coefficient (Wildman–Crippen LogP) is 1.46. The van der Waals surface area contributed by atoms with Crippen molar-refractivity contribution in [2.24, 2.45) is 16.7 Å². The lowest BCUT2D eigenvalue weighted by Gasteiger charge is -2.45. The van der Waals surface area contributed by atoms with Crippen LogP contribution in [-0.4, -0.2) is 18.5 Å². The fourth-order valence-electron chi connectivity index (χ4n) is 2.90. The Morgan fingerprint density at radius 2 is 1.60 bits per heavy atom. The molecule has 1 aliphatic carbocycles. The Hall–Kier alpha value is -2.41. The van der Waals surface area contributed by atoms with E-state index in [1.54, 1.807) is 31.2 Å². The van der Waals surface area contributed by atoms with Gasteiger partial charge in [-0.1, -0.05) is 0 Å². The van der Waals surface area contributed by atoms with Gasteiger partial charge in [0.1, 0.15) is 5.78 Å². The fourth-order valence-corrected chi connectivity index (χ4v) is 2.90. The minimum atomic E-state index is -2.00. The highest BCUT2D eigenvalue weighted by atomic mass is 16.5. The lowest BCUT2D eigenvalue weighted by Crippen LogP contribution is -2.57. The van der Waals surface area contributed by atoms with E-state index in [1.807, 2.05) is 0 Å². The first kappa shape index (κ1) is 15.6. The highest BCUT2D eigenvalue weighted by Gasteiger charge is 2.67. The molecule has 1 fully saturated rings.